The minimum absolute atomic E-state index is 0.00440. The highest BCUT2D eigenvalue weighted by Gasteiger charge is 2.40. The zero-order chi connectivity index (χ0) is 17.2. The van der Waals surface area contributed by atoms with Gasteiger partial charge in [0.2, 0.25) is 5.71 Å². The summed E-state index contributed by atoms with van der Waals surface area (Å²) in [5, 5.41) is 4.18. The molecule has 1 aliphatic carbocycles. The molecule has 0 spiro atoms. The first kappa shape index (κ1) is 15.1. The van der Waals surface area contributed by atoms with Gasteiger partial charge in [0.25, 0.3) is 5.91 Å². The van der Waals surface area contributed by atoms with Gasteiger partial charge in [-0.05, 0) is 39.5 Å². The Hall–Kier alpha value is -2.15. The van der Waals surface area contributed by atoms with Crippen LogP contribution in [0.2, 0.25) is 0 Å². The Morgan fingerprint density at radius 3 is 2.68 bits per heavy atom. The summed E-state index contributed by atoms with van der Waals surface area (Å²) in [6.07, 6.45) is 6.10. The number of amides is 1. The molecule has 4 heterocycles. The second-order valence-corrected chi connectivity index (χ2v) is 7.79. The van der Waals surface area contributed by atoms with E-state index in [1.165, 1.54) is 6.33 Å². The third-order valence-electron chi connectivity index (χ3n) is 5.63. The molecule has 3 aliphatic rings. The highest BCUT2D eigenvalue weighted by molar-refractivity contribution is 6.10. The highest BCUT2D eigenvalue weighted by Crippen LogP contribution is 2.40. The normalized spacial score (nSPS) is 26.9. The van der Waals surface area contributed by atoms with E-state index in [1.54, 1.807) is 0 Å². The van der Waals surface area contributed by atoms with Crippen molar-refractivity contribution in [2.45, 2.75) is 57.3 Å². The Balaban J connectivity index is 1.55. The molecule has 5 rings (SSSR count). The third-order valence-corrected chi connectivity index (χ3v) is 5.63. The molecule has 0 radical (unpaired) electrons. The van der Waals surface area contributed by atoms with Crippen molar-refractivity contribution in [2.24, 2.45) is 0 Å². The molecular weight excluding hydrogens is 320 g/mol. The van der Waals surface area contributed by atoms with Gasteiger partial charge >= 0.3 is 0 Å². The maximum atomic E-state index is 13.3. The third kappa shape index (κ3) is 2.49. The van der Waals surface area contributed by atoms with Crippen LogP contribution in [0.25, 0.3) is 11.1 Å². The number of aromatic nitrogens is 2. The Labute approximate surface area is 145 Å². The second kappa shape index (κ2) is 5.17. The number of hydrogen-bond donors (Lipinski definition) is 1. The molecule has 2 unspecified atom stereocenters. The first-order chi connectivity index (χ1) is 12.0. The molecule has 3 fully saturated rings. The summed E-state index contributed by atoms with van der Waals surface area (Å²) < 4.78 is 11.6. The molecule has 132 valence electrons. The van der Waals surface area contributed by atoms with E-state index in [-0.39, 0.29) is 23.7 Å². The summed E-state index contributed by atoms with van der Waals surface area (Å²) in [5.74, 6) is 1.29. The van der Waals surface area contributed by atoms with Gasteiger partial charge in [0.1, 0.15) is 17.9 Å². The van der Waals surface area contributed by atoms with E-state index >= 15 is 0 Å². The molecule has 1 amide bonds. The maximum Gasteiger partial charge on any atom is 0.258 e. The number of aryl methyl sites for hydroxylation is 1. The average molecular weight is 342 g/mol. The van der Waals surface area contributed by atoms with Gasteiger partial charge in [-0.2, -0.15) is 0 Å². The number of fused-ring (bicyclic) bond motifs is 3. The highest BCUT2D eigenvalue weighted by atomic mass is 16.5. The van der Waals surface area contributed by atoms with Crippen LogP contribution >= 0.6 is 0 Å². The molecule has 2 atom stereocenters. The van der Waals surface area contributed by atoms with Crippen LogP contribution in [0.5, 0.6) is 0 Å². The summed E-state index contributed by atoms with van der Waals surface area (Å²) in [5.41, 5.74) is 1.12. The van der Waals surface area contributed by atoms with E-state index < -0.39 is 0 Å². The number of anilines is 1. The molecule has 0 aromatic carbocycles. The van der Waals surface area contributed by atoms with E-state index in [9.17, 15) is 4.79 Å². The zero-order valence-corrected chi connectivity index (χ0v) is 14.5. The first-order valence-corrected chi connectivity index (χ1v) is 8.99. The number of hydrogen-bond acceptors (Lipinski definition) is 6. The Bertz CT molecular complexity index is 845. The molecule has 1 N–H and O–H groups in total. The lowest BCUT2D eigenvalue weighted by atomic mass is 10.1. The van der Waals surface area contributed by atoms with Crippen LogP contribution in [0.15, 0.2) is 10.7 Å². The topological polar surface area (TPSA) is 80.5 Å². The molecule has 25 heavy (non-hydrogen) atoms. The fraction of sp³-hybridized carbons (Fsp3) is 0.611. The number of likely N-dealkylation sites (tertiary alicyclic amines) is 1. The Morgan fingerprint density at radius 2 is 2.00 bits per heavy atom. The van der Waals surface area contributed by atoms with Crippen LogP contribution in [-0.4, -0.2) is 51.6 Å². The van der Waals surface area contributed by atoms with Gasteiger partial charge in [-0.3, -0.25) is 4.79 Å². The first-order valence-electron chi connectivity index (χ1n) is 8.99. The number of rotatable bonds is 3. The lowest BCUT2D eigenvalue weighted by Crippen LogP contribution is -2.45. The monoisotopic (exact) mass is 342 g/mol. The van der Waals surface area contributed by atoms with Crippen molar-refractivity contribution in [1.82, 2.24) is 14.9 Å². The number of ether oxygens (including phenoxy) is 1. The van der Waals surface area contributed by atoms with E-state index in [4.69, 9.17) is 9.15 Å². The van der Waals surface area contributed by atoms with Gasteiger partial charge in [0.15, 0.2) is 0 Å². The van der Waals surface area contributed by atoms with Crippen molar-refractivity contribution in [3.8, 4) is 0 Å². The molecule has 2 aliphatic heterocycles. The summed E-state index contributed by atoms with van der Waals surface area (Å²) in [6.45, 7) is 5.28. The van der Waals surface area contributed by atoms with Crippen LogP contribution in [0.3, 0.4) is 0 Å². The standard InChI is InChI=1S/C18H22N4O3/c1-10-13(17(23)22-7-11-3-4-12(8-22)25-11)14-15(21-18(2)5-6-18)19-9-20-16(14)24-10/h9,11-12H,3-8H2,1-2H3,(H,19,20,21). The smallest absolute Gasteiger partial charge is 0.258 e. The number of nitrogens with one attached hydrogen (secondary N) is 1. The van der Waals surface area contributed by atoms with Crippen molar-refractivity contribution < 1.29 is 13.9 Å². The number of morpholine rings is 1. The van der Waals surface area contributed by atoms with Crippen LogP contribution in [0, 0.1) is 6.92 Å². The summed E-state index contributed by atoms with van der Waals surface area (Å²) >= 11 is 0. The molecule has 2 saturated heterocycles. The van der Waals surface area contributed by atoms with Gasteiger partial charge in [-0.1, -0.05) is 0 Å². The predicted molar refractivity (Wildman–Crippen MR) is 91.6 cm³/mol. The Kier molecular flexibility index (Phi) is 3.13. The van der Waals surface area contributed by atoms with Gasteiger partial charge < -0.3 is 19.4 Å². The summed E-state index contributed by atoms with van der Waals surface area (Å²) in [6, 6.07) is 0. The van der Waals surface area contributed by atoms with Gasteiger partial charge in [-0.25, -0.2) is 9.97 Å². The van der Waals surface area contributed by atoms with Crippen molar-refractivity contribution in [2.75, 3.05) is 18.4 Å². The van der Waals surface area contributed by atoms with Crippen molar-refractivity contribution in [3.05, 3.63) is 17.7 Å². The van der Waals surface area contributed by atoms with Crippen LogP contribution in [-0.2, 0) is 4.74 Å². The van der Waals surface area contributed by atoms with Gasteiger partial charge in [-0.15, -0.1) is 0 Å². The summed E-state index contributed by atoms with van der Waals surface area (Å²) in [7, 11) is 0. The zero-order valence-electron chi connectivity index (χ0n) is 14.5. The molecule has 7 nitrogen and oxygen atoms in total. The van der Waals surface area contributed by atoms with E-state index in [0.29, 0.717) is 41.3 Å². The lowest BCUT2D eigenvalue weighted by molar-refractivity contribution is -0.0303. The van der Waals surface area contributed by atoms with Gasteiger partial charge in [0, 0.05) is 18.6 Å². The van der Waals surface area contributed by atoms with E-state index in [0.717, 1.165) is 25.7 Å². The number of nitrogens with zero attached hydrogens (tertiary/aromatic N) is 3. The fourth-order valence-corrected chi connectivity index (χ4v) is 3.93. The molecule has 2 aromatic heterocycles. The van der Waals surface area contributed by atoms with Gasteiger partial charge in [0.05, 0.1) is 23.2 Å². The quantitative estimate of drug-likeness (QED) is 0.923. The molecular formula is C18H22N4O3. The number of carbonyl (C=O) groups is 1. The number of furan rings is 1. The molecule has 7 heteroatoms. The average Bonchev–Trinajstić information content (AvgIpc) is 3.06. The van der Waals surface area contributed by atoms with E-state index in [2.05, 4.69) is 22.2 Å². The van der Waals surface area contributed by atoms with Crippen LogP contribution < -0.4 is 5.32 Å². The second-order valence-electron chi connectivity index (χ2n) is 7.79. The van der Waals surface area contributed by atoms with Crippen LogP contribution in [0.4, 0.5) is 5.82 Å². The minimum atomic E-state index is -0.00440. The van der Waals surface area contributed by atoms with Crippen LogP contribution in [0.1, 0.15) is 48.7 Å². The largest absolute Gasteiger partial charge is 0.442 e. The van der Waals surface area contributed by atoms with E-state index in [1.807, 2.05) is 11.8 Å². The Morgan fingerprint density at radius 1 is 1.28 bits per heavy atom. The van der Waals surface area contributed by atoms with Crippen molar-refractivity contribution in [1.29, 1.82) is 0 Å². The molecule has 2 bridgehead atoms. The molecule has 2 aromatic rings. The lowest BCUT2D eigenvalue weighted by Gasteiger charge is -2.32. The maximum absolute atomic E-state index is 13.3. The van der Waals surface area contributed by atoms with Crippen molar-refractivity contribution >= 4 is 22.8 Å². The summed E-state index contributed by atoms with van der Waals surface area (Å²) in [4.78, 5) is 23.8. The minimum Gasteiger partial charge on any atom is -0.442 e. The predicted octanol–water partition coefficient (Wildman–Crippen LogP) is 2.50. The SMILES string of the molecule is Cc1oc2ncnc(NC3(C)CC3)c2c1C(=O)N1CC2CCC(C1)O2. The molecule has 1 saturated carbocycles. The fourth-order valence-electron chi connectivity index (χ4n) is 3.93. The number of carbonyl (C=O) groups excluding carboxylic acids is 1. The van der Waals surface area contributed by atoms with Crippen molar-refractivity contribution in [3.63, 3.8) is 0 Å².